The Hall–Kier alpha value is -3.37. The third-order valence-corrected chi connectivity index (χ3v) is 7.17. The number of hydrogen-bond acceptors (Lipinski definition) is 7. The van der Waals surface area contributed by atoms with E-state index in [0.29, 0.717) is 35.1 Å². The van der Waals surface area contributed by atoms with E-state index in [1.165, 1.54) is 14.2 Å². The van der Waals surface area contributed by atoms with Crippen molar-refractivity contribution in [2.45, 2.75) is 43.8 Å². The van der Waals surface area contributed by atoms with Crippen LogP contribution in [0.5, 0.6) is 11.9 Å². The van der Waals surface area contributed by atoms with Gasteiger partial charge in [-0.3, -0.25) is 9.59 Å². The van der Waals surface area contributed by atoms with Crippen LogP contribution in [0.1, 0.15) is 54.1 Å². The quantitative estimate of drug-likeness (QED) is 0.471. The van der Waals surface area contributed by atoms with Gasteiger partial charge in [-0.15, -0.1) is 11.6 Å². The monoisotopic (exact) mass is 544 g/mol. The smallest absolute Gasteiger partial charge is 0.319 e. The number of carbonyl (C=O) groups is 2. The van der Waals surface area contributed by atoms with Crippen LogP contribution in [0.25, 0.3) is 11.4 Å². The molecule has 4 heterocycles. The number of amides is 2. The summed E-state index contributed by atoms with van der Waals surface area (Å²) in [6.45, 7) is 4.35. The van der Waals surface area contributed by atoms with Crippen LogP contribution in [0.15, 0.2) is 30.5 Å². The fraction of sp³-hybridized carbons (Fsp3) is 0.400. The molecule has 2 aromatic heterocycles. The molecule has 1 aromatic carbocycles. The van der Waals surface area contributed by atoms with Gasteiger partial charge in [0.15, 0.2) is 5.69 Å². The summed E-state index contributed by atoms with van der Waals surface area (Å²) in [5.41, 5.74) is 2.23. The van der Waals surface area contributed by atoms with Crippen LogP contribution in [0.4, 0.5) is 0 Å². The Morgan fingerprint density at radius 3 is 2.49 bits per heavy atom. The molecular weight excluding hydrogens is 519 g/mol. The number of rotatable bonds is 6. The van der Waals surface area contributed by atoms with E-state index in [1.54, 1.807) is 23.2 Å². The van der Waals surface area contributed by atoms with Crippen LogP contribution in [-0.2, 0) is 4.79 Å². The normalized spacial score (nSPS) is 21.3. The number of methoxy groups -OCH3 is 2. The molecule has 2 unspecified atom stereocenters. The molecule has 10 nitrogen and oxygen atoms in total. The summed E-state index contributed by atoms with van der Waals surface area (Å²) >= 11 is 12.6. The highest BCUT2D eigenvalue weighted by Crippen LogP contribution is 2.45. The zero-order valence-corrected chi connectivity index (χ0v) is 22.2. The predicted octanol–water partition coefficient (Wildman–Crippen LogP) is 3.63. The minimum atomic E-state index is -0.749. The maximum absolute atomic E-state index is 14.0. The molecule has 2 aliphatic heterocycles. The van der Waals surface area contributed by atoms with Gasteiger partial charge in [0, 0.05) is 23.8 Å². The van der Waals surface area contributed by atoms with Gasteiger partial charge in [-0.05, 0) is 38.0 Å². The highest BCUT2D eigenvalue weighted by Gasteiger charge is 2.49. The standard InChI is InChI=1S/C25H26Cl2N6O4/c1-12(2)32-20-18(30-21(32)16-11-29-25(37-4)31-23(16)36-3)24(35)33(17-9-15(27)10-28-22(17)34)19(20)13-5-7-14(26)8-6-13/h5-8,11-12,15,17,19H,9-10H2,1-4H3,(H,28,34)/t15?,17?,19-/m1/s1. The molecule has 0 bridgehead atoms. The summed E-state index contributed by atoms with van der Waals surface area (Å²) in [6, 6.07) is 5.94. The Balaban J connectivity index is 1.73. The Morgan fingerprint density at radius 1 is 1.11 bits per heavy atom. The number of fused-ring (bicyclic) bond motifs is 1. The number of benzene rings is 1. The van der Waals surface area contributed by atoms with Gasteiger partial charge in [0.2, 0.25) is 11.8 Å². The summed E-state index contributed by atoms with van der Waals surface area (Å²) in [5, 5.41) is 3.09. The number of alkyl halides is 1. The average molecular weight is 545 g/mol. The Labute approximate surface area is 223 Å². The number of ether oxygens (including phenoxy) is 2. The van der Waals surface area contributed by atoms with Crippen molar-refractivity contribution in [2.75, 3.05) is 20.8 Å². The Morgan fingerprint density at radius 2 is 1.84 bits per heavy atom. The van der Waals surface area contributed by atoms with Crippen LogP contribution in [0.2, 0.25) is 5.02 Å². The van der Waals surface area contributed by atoms with Gasteiger partial charge in [0.1, 0.15) is 17.9 Å². The van der Waals surface area contributed by atoms with Crippen LogP contribution < -0.4 is 14.8 Å². The molecule has 2 aliphatic rings. The highest BCUT2D eigenvalue weighted by atomic mass is 35.5. The summed E-state index contributed by atoms with van der Waals surface area (Å²) < 4.78 is 12.6. The zero-order valence-electron chi connectivity index (χ0n) is 20.7. The van der Waals surface area contributed by atoms with Gasteiger partial charge in [-0.2, -0.15) is 4.98 Å². The lowest BCUT2D eigenvalue weighted by Gasteiger charge is -2.37. The molecule has 1 saturated heterocycles. The molecule has 0 radical (unpaired) electrons. The first kappa shape index (κ1) is 25.3. The summed E-state index contributed by atoms with van der Waals surface area (Å²) in [7, 11) is 2.96. The van der Waals surface area contributed by atoms with Gasteiger partial charge < -0.3 is 24.3 Å². The van der Waals surface area contributed by atoms with Crippen molar-refractivity contribution in [2.24, 2.45) is 0 Å². The first-order valence-corrected chi connectivity index (χ1v) is 12.6. The van der Waals surface area contributed by atoms with E-state index in [2.05, 4.69) is 15.3 Å². The number of hydrogen-bond donors (Lipinski definition) is 1. The second kappa shape index (κ2) is 9.83. The Bertz CT molecular complexity index is 1360. The van der Waals surface area contributed by atoms with Gasteiger partial charge in [0.25, 0.3) is 5.91 Å². The number of imidazole rings is 1. The third-order valence-electron chi connectivity index (χ3n) is 6.59. The fourth-order valence-electron chi connectivity index (χ4n) is 4.99. The number of aromatic nitrogens is 4. The van der Waals surface area contributed by atoms with Crippen molar-refractivity contribution < 1.29 is 19.1 Å². The largest absolute Gasteiger partial charge is 0.480 e. The SMILES string of the molecule is COc1ncc(-c2nc3c(n2C(C)C)[C@@H](c2ccc(Cl)cc2)N(C2CC(Cl)CNC2=O)C3=O)c(OC)n1. The van der Waals surface area contributed by atoms with Crippen LogP contribution in [0.3, 0.4) is 0 Å². The van der Waals surface area contributed by atoms with Gasteiger partial charge in [-0.25, -0.2) is 9.97 Å². The average Bonchev–Trinajstić information content (AvgIpc) is 3.40. The molecule has 12 heteroatoms. The molecule has 3 aromatic rings. The van der Waals surface area contributed by atoms with Crippen molar-refractivity contribution >= 4 is 35.0 Å². The van der Waals surface area contributed by atoms with Gasteiger partial charge in [0.05, 0.1) is 30.9 Å². The van der Waals surface area contributed by atoms with Gasteiger partial charge >= 0.3 is 6.01 Å². The van der Waals surface area contributed by atoms with E-state index in [9.17, 15) is 9.59 Å². The summed E-state index contributed by atoms with van der Waals surface area (Å²) in [6.07, 6.45) is 1.90. The fourth-order valence-corrected chi connectivity index (χ4v) is 5.36. The molecule has 0 saturated carbocycles. The molecule has 0 aliphatic carbocycles. The van der Waals surface area contributed by atoms with Crippen LogP contribution in [-0.4, -0.2) is 68.4 Å². The summed E-state index contributed by atoms with van der Waals surface area (Å²) in [5.74, 6) is 0.155. The van der Waals surface area contributed by atoms with Crippen molar-refractivity contribution in [3.8, 4) is 23.3 Å². The maximum atomic E-state index is 14.0. The lowest BCUT2D eigenvalue weighted by atomic mass is 9.98. The Kier molecular flexibility index (Phi) is 6.72. The minimum Gasteiger partial charge on any atom is -0.480 e. The van der Waals surface area contributed by atoms with E-state index < -0.39 is 12.1 Å². The molecule has 5 rings (SSSR count). The molecular formula is C25H26Cl2N6O4. The van der Waals surface area contributed by atoms with Crippen LogP contribution >= 0.6 is 23.2 Å². The van der Waals surface area contributed by atoms with Crippen molar-refractivity contribution in [3.05, 3.63) is 52.4 Å². The lowest BCUT2D eigenvalue weighted by molar-refractivity contribution is -0.127. The van der Waals surface area contributed by atoms with Crippen molar-refractivity contribution in [1.82, 2.24) is 29.7 Å². The van der Waals surface area contributed by atoms with Crippen LogP contribution in [0, 0.1) is 0 Å². The first-order valence-electron chi connectivity index (χ1n) is 11.8. The topological polar surface area (TPSA) is 111 Å². The minimum absolute atomic E-state index is 0.110. The van der Waals surface area contributed by atoms with E-state index in [-0.39, 0.29) is 40.8 Å². The number of nitrogens with one attached hydrogen (secondary N) is 1. The predicted molar refractivity (Wildman–Crippen MR) is 137 cm³/mol. The van der Waals surface area contributed by atoms with E-state index in [0.717, 1.165) is 5.56 Å². The molecule has 194 valence electrons. The number of piperidine rings is 1. The second-order valence-corrected chi connectivity index (χ2v) is 10.2. The number of carbonyl (C=O) groups excluding carboxylic acids is 2. The second-order valence-electron chi connectivity index (χ2n) is 9.17. The van der Waals surface area contributed by atoms with Crippen molar-refractivity contribution in [3.63, 3.8) is 0 Å². The van der Waals surface area contributed by atoms with E-state index >= 15 is 0 Å². The third kappa shape index (κ3) is 4.27. The highest BCUT2D eigenvalue weighted by molar-refractivity contribution is 6.30. The molecule has 1 fully saturated rings. The molecule has 2 amide bonds. The number of nitrogens with zero attached hydrogens (tertiary/aromatic N) is 5. The molecule has 1 N–H and O–H groups in total. The molecule has 0 spiro atoms. The number of halogens is 2. The maximum Gasteiger partial charge on any atom is 0.319 e. The molecule has 3 atom stereocenters. The molecule has 37 heavy (non-hydrogen) atoms. The summed E-state index contributed by atoms with van der Waals surface area (Å²) in [4.78, 5) is 41.9. The van der Waals surface area contributed by atoms with Gasteiger partial charge in [-0.1, -0.05) is 23.7 Å². The lowest BCUT2D eigenvalue weighted by Crippen LogP contribution is -2.55. The van der Waals surface area contributed by atoms with E-state index in [1.807, 2.05) is 30.5 Å². The van der Waals surface area contributed by atoms with E-state index in [4.69, 9.17) is 37.7 Å². The zero-order chi connectivity index (χ0) is 26.4. The van der Waals surface area contributed by atoms with Crippen molar-refractivity contribution in [1.29, 1.82) is 0 Å². The first-order chi connectivity index (χ1) is 17.7.